The molecule has 5 heteroatoms. The van der Waals surface area contributed by atoms with Crippen molar-refractivity contribution in [3.05, 3.63) is 28.8 Å². The second-order valence-corrected chi connectivity index (χ2v) is 6.79. The predicted molar refractivity (Wildman–Crippen MR) is 86.4 cm³/mol. The number of anilines is 2. The largest absolute Gasteiger partial charge is 0.397 e. The second-order valence-electron chi connectivity index (χ2n) is 6.79. The lowest BCUT2D eigenvalue weighted by Crippen LogP contribution is -2.32. The molecule has 4 N–H and O–H groups in total. The van der Waals surface area contributed by atoms with Crippen molar-refractivity contribution in [2.24, 2.45) is 5.41 Å². The number of nitrogens with one attached hydrogen (secondary N) is 2. The minimum absolute atomic E-state index is 0.156. The summed E-state index contributed by atoms with van der Waals surface area (Å²) in [5.41, 5.74) is 8.46. The molecule has 0 spiro atoms. The first-order valence-electron chi connectivity index (χ1n) is 7.48. The molecule has 5 nitrogen and oxygen atoms in total. The summed E-state index contributed by atoms with van der Waals surface area (Å²) in [5, 5.41) is 4.07. The number of hydrogen-bond acceptors (Lipinski definition) is 4. The van der Waals surface area contributed by atoms with Crippen LogP contribution in [0.3, 0.4) is 0 Å². The molecule has 0 radical (unpaired) electrons. The van der Waals surface area contributed by atoms with Crippen molar-refractivity contribution in [2.75, 3.05) is 11.1 Å². The number of hydrogen-bond donors (Lipinski definition) is 3. The van der Waals surface area contributed by atoms with Gasteiger partial charge in [-0.05, 0) is 36.8 Å². The molecule has 1 fully saturated rings. The van der Waals surface area contributed by atoms with Crippen molar-refractivity contribution < 1.29 is 0 Å². The summed E-state index contributed by atoms with van der Waals surface area (Å²) in [5.74, 6) is 0. The van der Waals surface area contributed by atoms with Gasteiger partial charge in [0, 0.05) is 6.04 Å². The van der Waals surface area contributed by atoms with Crippen LogP contribution in [0.25, 0.3) is 10.9 Å². The van der Waals surface area contributed by atoms with Crippen LogP contribution in [-0.2, 0) is 0 Å². The van der Waals surface area contributed by atoms with E-state index >= 15 is 0 Å². The first-order valence-corrected chi connectivity index (χ1v) is 7.48. The third-order valence-electron chi connectivity index (χ3n) is 4.38. The smallest absolute Gasteiger partial charge is 0.258 e. The van der Waals surface area contributed by atoms with Gasteiger partial charge in [0.15, 0.2) is 0 Å². The van der Waals surface area contributed by atoms with Crippen molar-refractivity contribution >= 4 is 22.3 Å². The van der Waals surface area contributed by atoms with Gasteiger partial charge in [-0.3, -0.25) is 4.79 Å². The van der Waals surface area contributed by atoms with Crippen molar-refractivity contribution in [1.29, 1.82) is 0 Å². The Hall–Kier alpha value is -2.04. The van der Waals surface area contributed by atoms with E-state index in [0.29, 0.717) is 28.0 Å². The van der Waals surface area contributed by atoms with E-state index < -0.39 is 0 Å². The molecule has 1 aromatic carbocycles. The fraction of sp³-hybridized carbons (Fsp3) is 0.500. The van der Waals surface area contributed by atoms with Gasteiger partial charge in [0.1, 0.15) is 0 Å². The summed E-state index contributed by atoms with van der Waals surface area (Å²) in [6, 6.07) is 4.01. The van der Waals surface area contributed by atoms with Crippen LogP contribution in [0.1, 0.15) is 39.5 Å². The van der Waals surface area contributed by atoms with Crippen molar-refractivity contribution in [3.63, 3.8) is 0 Å². The fourth-order valence-electron chi connectivity index (χ4n) is 3.30. The molecular weight excluding hydrogens is 264 g/mol. The Morgan fingerprint density at radius 3 is 3.00 bits per heavy atom. The summed E-state index contributed by atoms with van der Waals surface area (Å²) >= 11 is 0. The number of rotatable bonds is 2. The van der Waals surface area contributed by atoms with Crippen molar-refractivity contribution in [2.45, 2.75) is 45.6 Å². The van der Waals surface area contributed by atoms with Crippen LogP contribution in [0.4, 0.5) is 11.4 Å². The van der Waals surface area contributed by atoms with E-state index in [4.69, 9.17) is 5.73 Å². The van der Waals surface area contributed by atoms with Gasteiger partial charge in [0.05, 0.1) is 28.6 Å². The minimum atomic E-state index is -0.156. The zero-order valence-electron chi connectivity index (χ0n) is 12.6. The average Bonchev–Trinajstić information content (AvgIpc) is 2.40. The molecule has 2 aromatic rings. The highest BCUT2D eigenvalue weighted by atomic mass is 16.1. The number of H-pyrrole nitrogens is 1. The normalized spacial score (nSPS) is 21.3. The van der Waals surface area contributed by atoms with Gasteiger partial charge in [-0.2, -0.15) is 0 Å². The summed E-state index contributed by atoms with van der Waals surface area (Å²) in [7, 11) is 0. The summed E-state index contributed by atoms with van der Waals surface area (Å²) in [4.78, 5) is 18.5. The van der Waals surface area contributed by atoms with Crippen LogP contribution in [-0.4, -0.2) is 16.0 Å². The number of aromatic amines is 1. The van der Waals surface area contributed by atoms with E-state index in [1.165, 1.54) is 19.2 Å². The average molecular weight is 286 g/mol. The van der Waals surface area contributed by atoms with Crippen LogP contribution in [0.2, 0.25) is 0 Å². The van der Waals surface area contributed by atoms with E-state index in [0.717, 1.165) is 18.5 Å². The van der Waals surface area contributed by atoms with Crippen LogP contribution < -0.4 is 16.6 Å². The first kappa shape index (κ1) is 13.9. The SMILES string of the molecule is CC1(C)CCCC(Nc2cc3nc[nH]c(=O)c3cc2N)C1. The molecule has 0 bridgehead atoms. The van der Waals surface area contributed by atoms with Gasteiger partial charge < -0.3 is 16.0 Å². The third kappa shape index (κ3) is 2.86. The van der Waals surface area contributed by atoms with E-state index in [1.54, 1.807) is 6.07 Å². The number of aromatic nitrogens is 2. The van der Waals surface area contributed by atoms with Crippen LogP contribution in [0.5, 0.6) is 0 Å². The standard InChI is InChI=1S/C16H22N4O/c1-16(2)5-3-4-10(8-16)20-14-7-13-11(6-12(14)17)15(21)19-9-18-13/h6-7,9-10,20H,3-5,8,17H2,1-2H3,(H,18,19,21). The highest BCUT2D eigenvalue weighted by Gasteiger charge is 2.28. The molecule has 3 rings (SSSR count). The van der Waals surface area contributed by atoms with Gasteiger partial charge >= 0.3 is 0 Å². The Morgan fingerprint density at radius 2 is 2.24 bits per heavy atom. The number of benzene rings is 1. The van der Waals surface area contributed by atoms with Crippen LogP contribution >= 0.6 is 0 Å². The molecule has 0 amide bonds. The topological polar surface area (TPSA) is 83.8 Å². The Labute approximate surface area is 124 Å². The third-order valence-corrected chi connectivity index (χ3v) is 4.38. The molecular formula is C16H22N4O. The van der Waals surface area contributed by atoms with Crippen molar-refractivity contribution in [1.82, 2.24) is 9.97 Å². The molecule has 0 saturated heterocycles. The van der Waals surface area contributed by atoms with Gasteiger partial charge in [-0.1, -0.05) is 20.3 Å². The fourth-order valence-corrected chi connectivity index (χ4v) is 3.30. The summed E-state index contributed by atoms with van der Waals surface area (Å²) in [6.07, 6.45) is 6.22. The highest BCUT2D eigenvalue weighted by Crippen LogP contribution is 2.37. The van der Waals surface area contributed by atoms with Gasteiger partial charge in [-0.25, -0.2) is 4.98 Å². The predicted octanol–water partition coefficient (Wildman–Crippen LogP) is 2.89. The molecule has 1 heterocycles. The maximum atomic E-state index is 11.7. The minimum Gasteiger partial charge on any atom is -0.397 e. The molecule has 1 aliphatic carbocycles. The van der Waals surface area contributed by atoms with Crippen LogP contribution in [0.15, 0.2) is 23.3 Å². The molecule has 112 valence electrons. The number of nitrogens with two attached hydrogens (primary N) is 1. The Morgan fingerprint density at radius 1 is 1.43 bits per heavy atom. The zero-order valence-corrected chi connectivity index (χ0v) is 12.6. The van der Waals surface area contributed by atoms with Gasteiger partial charge in [-0.15, -0.1) is 0 Å². The second kappa shape index (κ2) is 5.06. The summed E-state index contributed by atoms with van der Waals surface area (Å²) < 4.78 is 0. The molecule has 1 aromatic heterocycles. The van der Waals surface area contributed by atoms with Crippen molar-refractivity contribution in [3.8, 4) is 0 Å². The Bertz CT molecular complexity index is 720. The van der Waals surface area contributed by atoms with E-state index in [2.05, 4.69) is 29.1 Å². The summed E-state index contributed by atoms with van der Waals surface area (Å²) in [6.45, 7) is 4.62. The van der Waals surface area contributed by atoms with Crippen LogP contribution in [0, 0.1) is 5.41 Å². The molecule has 0 aliphatic heterocycles. The van der Waals surface area contributed by atoms with Gasteiger partial charge in [0.2, 0.25) is 0 Å². The van der Waals surface area contributed by atoms with E-state index in [1.807, 2.05) is 6.07 Å². The molecule has 1 aliphatic rings. The number of fused-ring (bicyclic) bond motifs is 1. The van der Waals surface area contributed by atoms with E-state index in [9.17, 15) is 4.79 Å². The first-order chi connectivity index (χ1) is 9.94. The lowest BCUT2D eigenvalue weighted by molar-refractivity contribution is 0.229. The van der Waals surface area contributed by atoms with Gasteiger partial charge in [0.25, 0.3) is 5.56 Å². The lowest BCUT2D eigenvalue weighted by Gasteiger charge is -2.36. The quantitative estimate of drug-likeness (QED) is 0.741. The molecule has 21 heavy (non-hydrogen) atoms. The lowest BCUT2D eigenvalue weighted by atomic mass is 9.75. The monoisotopic (exact) mass is 286 g/mol. The number of nitrogen functional groups attached to an aromatic ring is 1. The maximum absolute atomic E-state index is 11.7. The highest BCUT2D eigenvalue weighted by molar-refractivity contribution is 5.88. The Balaban J connectivity index is 1.90. The molecule has 1 atom stereocenters. The molecule has 1 unspecified atom stereocenters. The molecule has 1 saturated carbocycles. The Kier molecular flexibility index (Phi) is 3.35. The number of nitrogens with zero attached hydrogens (tertiary/aromatic N) is 1. The maximum Gasteiger partial charge on any atom is 0.258 e. The zero-order chi connectivity index (χ0) is 15.0. The van der Waals surface area contributed by atoms with E-state index in [-0.39, 0.29) is 5.56 Å².